The zero-order valence-corrected chi connectivity index (χ0v) is 25.6. The smallest absolute Gasteiger partial charge is 0.348 e. The van der Waals surface area contributed by atoms with Crippen molar-refractivity contribution in [3.05, 3.63) is 59.4 Å². The summed E-state index contributed by atoms with van der Waals surface area (Å²) in [6.07, 6.45) is 7.10. The first-order chi connectivity index (χ1) is 21.2. The third-order valence-electron chi connectivity index (χ3n) is 9.34. The van der Waals surface area contributed by atoms with Gasteiger partial charge < -0.3 is 19.6 Å². The quantitative estimate of drug-likeness (QED) is 0.398. The average Bonchev–Trinajstić information content (AvgIpc) is 3.78. The summed E-state index contributed by atoms with van der Waals surface area (Å²) in [4.78, 5) is 35.1. The van der Waals surface area contributed by atoms with Crippen molar-refractivity contribution >= 4 is 44.7 Å². The maximum atomic E-state index is 14.0. The van der Waals surface area contributed by atoms with E-state index in [1.54, 1.807) is 30.3 Å². The number of carbonyl (C=O) groups excluding carboxylic acids is 1. The number of benzene rings is 1. The zero-order valence-electron chi connectivity index (χ0n) is 24.0. The SMILES string of the molecule is O=C(O)c1sc(-c2ccc(F)cc2)cc1N1C(=O)CN(S(=O)(=O)c2ccc(N3C[C@H]4C[C@@H]3CO4)nc2)C[C@H]1C1CCCCC1. The molecule has 0 radical (unpaired) electrons. The number of pyridine rings is 1. The molecule has 3 aromatic rings. The Hall–Kier alpha value is -3.39. The number of rotatable bonds is 7. The standard InChI is InChI=1S/C31H33FN4O6S2/c32-21-8-6-20(7-9-21)27-13-25(30(43-27)31(38)39)36-26(19-4-2-1-3-5-19)16-34(17-29(36)37)44(40,41)24-10-11-28(33-14-24)35-15-23-12-22(35)18-42-23/h6-11,13-14,19,22-23,26H,1-5,12,15-18H2,(H,38,39)/t22-,23-,26+/m1/s1. The minimum atomic E-state index is -4.06. The lowest BCUT2D eigenvalue weighted by Crippen LogP contribution is -2.60. The lowest BCUT2D eigenvalue weighted by atomic mass is 9.82. The second-order valence-corrected chi connectivity index (χ2v) is 15.0. The summed E-state index contributed by atoms with van der Waals surface area (Å²) < 4.78 is 48.3. The van der Waals surface area contributed by atoms with E-state index >= 15 is 0 Å². The van der Waals surface area contributed by atoms with E-state index in [-0.39, 0.29) is 40.1 Å². The van der Waals surface area contributed by atoms with Gasteiger partial charge in [-0.25, -0.2) is 22.6 Å². The number of halogens is 1. The van der Waals surface area contributed by atoms with Gasteiger partial charge in [-0.2, -0.15) is 4.31 Å². The van der Waals surface area contributed by atoms with Gasteiger partial charge in [0.2, 0.25) is 15.9 Å². The largest absolute Gasteiger partial charge is 0.477 e. The Morgan fingerprint density at radius 1 is 1.07 bits per heavy atom. The minimum Gasteiger partial charge on any atom is -0.477 e. The van der Waals surface area contributed by atoms with Crippen LogP contribution in [0.2, 0.25) is 0 Å². The van der Waals surface area contributed by atoms with Gasteiger partial charge in [0, 0.05) is 24.2 Å². The molecule has 3 saturated heterocycles. The van der Waals surface area contributed by atoms with Gasteiger partial charge in [-0.3, -0.25) is 4.79 Å². The number of sulfonamides is 1. The number of ether oxygens (including phenoxy) is 1. The monoisotopic (exact) mass is 640 g/mol. The first kappa shape index (κ1) is 29.3. The second-order valence-electron chi connectivity index (χ2n) is 12.0. The summed E-state index contributed by atoms with van der Waals surface area (Å²) in [5, 5.41) is 10.1. The van der Waals surface area contributed by atoms with Crippen LogP contribution in [0.5, 0.6) is 0 Å². The molecule has 5 heterocycles. The predicted octanol–water partition coefficient (Wildman–Crippen LogP) is 4.61. The van der Waals surface area contributed by atoms with Crippen LogP contribution in [0.4, 0.5) is 15.9 Å². The predicted molar refractivity (Wildman–Crippen MR) is 163 cm³/mol. The average molecular weight is 641 g/mol. The molecule has 3 aliphatic heterocycles. The number of aromatic carboxylic acids is 1. The van der Waals surface area contributed by atoms with Crippen LogP contribution >= 0.6 is 11.3 Å². The summed E-state index contributed by atoms with van der Waals surface area (Å²) in [5.74, 6) is -1.34. The van der Waals surface area contributed by atoms with Crippen molar-refractivity contribution in [2.45, 2.75) is 61.6 Å². The molecule has 3 atom stereocenters. The maximum Gasteiger partial charge on any atom is 0.348 e. The first-order valence-electron chi connectivity index (χ1n) is 15.0. The highest BCUT2D eigenvalue weighted by Gasteiger charge is 2.45. The van der Waals surface area contributed by atoms with Gasteiger partial charge in [0.1, 0.15) is 21.4 Å². The molecule has 4 fully saturated rings. The Kier molecular flexibility index (Phi) is 7.68. The second kappa shape index (κ2) is 11.5. The Bertz CT molecular complexity index is 1670. The number of hydrogen-bond acceptors (Lipinski definition) is 8. The summed E-state index contributed by atoms with van der Waals surface area (Å²) in [6.45, 7) is 1.00. The van der Waals surface area contributed by atoms with Gasteiger partial charge in [-0.15, -0.1) is 11.3 Å². The molecule has 1 N–H and O–H groups in total. The van der Waals surface area contributed by atoms with Crippen LogP contribution in [0.3, 0.4) is 0 Å². The summed E-state index contributed by atoms with van der Waals surface area (Å²) in [7, 11) is -4.06. The minimum absolute atomic E-state index is 0.00408. The fourth-order valence-corrected chi connectivity index (χ4v) is 9.48. The molecule has 1 aromatic carbocycles. The van der Waals surface area contributed by atoms with Gasteiger partial charge in [0.25, 0.3) is 0 Å². The molecule has 0 unspecified atom stereocenters. The summed E-state index contributed by atoms with van der Waals surface area (Å²) in [6, 6.07) is 10.4. The van der Waals surface area contributed by atoms with Crippen LogP contribution in [0, 0.1) is 11.7 Å². The van der Waals surface area contributed by atoms with Gasteiger partial charge in [-0.1, -0.05) is 31.4 Å². The van der Waals surface area contributed by atoms with E-state index in [0.717, 1.165) is 56.4 Å². The van der Waals surface area contributed by atoms with Crippen LogP contribution in [0.15, 0.2) is 53.6 Å². The molecule has 2 bridgehead atoms. The third kappa shape index (κ3) is 5.29. The molecule has 1 aliphatic carbocycles. The van der Waals surface area contributed by atoms with Gasteiger partial charge in [0.15, 0.2) is 0 Å². The zero-order chi connectivity index (χ0) is 30.6. The highest BCUT2D eigenvalue weighted by atomic mass is 32.2. The molecule has 1 saturated carbocycles. The van der Waals surface area contributed by atoms with Crippen molar-refractivity contribution in [1.82, 2.24) is 9.29 Å². The van der Waals surface area contributed by atoms with Crippen LogP contribution in [-0.2, 0) is 19.6 Å². The highest BCUT2D eigenvalue weighted by Crippen LogP contribution is 2.42. The topological polar surface area (TPSA) is 120 Å². The summed E-state index contributed by atoms with van der Waals surface area (Å²) in [5.41, 5.74) is 0.896. The first-order valence-corrected chi connectivity index (χ1v) is 17.2. The fourth-order valence-electron chi connectivity index (χ4n) is 7.14. The lowest BCUT2D eigenvalue weighted by Gasteiger charge is -2.44. The molecule has 4 aliphatic rings. The normalized spacial score (nSPS) is 24.8. The van der Waals surface area contributed by atoms with Crippen LogP contribution in [0.1, 0.15) is 48.2 Å². The highest BCUT2D eigenvalue weighted by molar-refractivity contribution is 7.89. The van der Waals surface area contributed by atoms with E-state index in [1.165, 1.54) is 27.5 Å². The molecule has 10 nitrogen and oxygen atoms in total. The number of anilines is 2. The Labute approximate surface area is 259 Å². The molecule has 232 valence electrons. The maximum absolute atomic E-state index is 14.0. The Morgan fingerprint density at radius 2 is 1.84 bits per heavy atom. The number of morpholine rings is 1. The number of amides is 1. The molecule has 0 spiro atoms. The molecular weight excluding hydrogens is 607 g/mol. The van der Waals surface area contributed by atoms with Crippen molar-refractivity contribution in [3.8, 4) is 10.4 Å². The van der Waals surface area contributed by atoms with Crippen LogP contribution in [-0.4, -0.2) is 79.1 Å². The number of carboxylic acids is 1. The number of aromatic nitrogens is 1. The van der Waals surface area contributed by atoms with Gasteiger partial charge in [-0.05, 0) is 61.1 Å². The van der Waals surface area contributed by atoms with Crippen LogP contribution < -0.4 is 9.80 Å². The van der Waals surface area contributed by atoms with Crippen molar-refractivity contribution < 1.29 is 32.2 Å². The Balaban J connectivity index is 1.20. The third-order valence-corrected chi connectivity index (χ3v) is 12.3. The number of thiophene rings is 1. The number of carbonyl (C=O) groups is 2. The van der Waals surface area contributed by atoms with Gasteiger partial charge >= 0.3 is 5.97 Å². The van der Waals surface area contributed by atoms with Crippen molar-refractivity contribution in [2.24, 2.45) is 5.92 Å². The number of nitrogens with zero attached hydrogens (tertiary/aromatic N) is 4. The van der Waals surface area contributed by atoms with E-state index in [0.29, 0.717) is 22.9 Å². The van der Waals surface area contributed by atoms with Gasteiger partial charge in [0.05, 0.1) is 37.0 Å². The van der Waals surface area contributed by atoms with E-state index in [9.17, 15) is 27.5 Å². The van der Waals surface area contributed by atoms with Crippen molar-refractivity contribution in [2.75, 3.05) is 36.0 Å². The molecular formula is C31H33FN4O6S2. The molecule has 13 heteroatoms. The number of carboxylic acid groups (broad SMARTS) is 1. The van der Waals surface area contributed by atoms with E-state index in [4.69, 9.17) is 4.74 Å². The van der Waals surface area contributed by atoms with E-state index in [2.05, 4.69) is 9.88 Å². The van der Waals surface area contributed by atoms with Crippen molar-refractivity contribution in [3.63, 3.8) is 0 Å². The molecule has 7 rings (SSSR count). The fraction of sp³-hybridized carbons (Fsp3) is 0.452. The lowest BCUT2D eigenvalue weighted by molar-refractivity contribution is -0.121. The van der Waals surface area contributed by atoms with Crippen LogP contribution in [0.25, 0.3) is 10.4 Å². The molecule has 1 amide bonds. The molecule has 2 aromatic heterocycles. The van der Waals surface area contributed by atoms with E-state index < -0.39 is 40.3 Å². The summed E-state index contributed by atoms with van der Waals surface area (Å²) >= 11 is 1.02. The van der Waals surface area contributed by atoms with Crippen molar-refractivity contribution in [1.29, 1.82) is 0 Å². The molecule has 44 heavy (non-hydrogen) atoms. The number of piperazine rings is 1. The van der Waals surface area contributed by atoms with E-state index in [1.807, 2.05) is 0 Å². The number of fused-ring (bicyclic) bond motifs is 2. The number of hydrogen-bond donors (Lipinski definition) is 1. The Morgan fingerprint density at radius 3 is 2.48 bits per heavy atom.